The zero-order valence-electron chi connectivity index (χ0n) is 16.5. The van der Waals surface area contributed by atoms with Gasteiger partial charge in [-0.05, 0) is 79.4 Å². The second-order valence-corrected chi connectivity index (χ2v) is 9.48. The average Bonchev–Trinajstić information content (AvgIpc) is 3.19. The number of nitrogens with one attached hydrogen (secondary N) is 1. The highest BCUT2D eigenvalue weighted by atomic mass is 16.2. The molecular formula is C21H29N5O. The Kier molecular flexibility index (Phi) is 3.66. The predicted octanol–water partition coefficient (Wildman–Crippen LogP) is 3.37. The van der Waals surface area contributed by atoms with Crippen LogP contribution < -0.4 is 0 Å². The average molecular weight is 367 g/mol. The quantitative estimate of drug-likeness (QED) is 0.826. The van der Waals surface area contributed by atoms with Gasteiger partial charge in [0.15, 0.2) is 0 Å². The molecule has 1 aromatic heterocycles. The molecule has 5 rings (SSSR count). The molecule has 0 bridgehead atoms. The molecule has 2 heterocycles. The number of carbonyl (C=O) groups excluding carboxylic acids is 1. The largest absolute Gasteiger partial charge is 0.340 e. The van der Waals surface area contributed by atoms with Gasteiger partial charge in [0.1, 0.15) is 0 Å². The summed E-state index contributed by atoms with van der Waals surface area (Å²) in [4.78, 5) is 14.4. The molecule has 0 aromatic carbocycles. The Balaban J connectivity index is 1.49. The molecule has 0 radical (unpaired) electrons. The number of hydrogen-bond acceptors (Lipinski definition) is 4. The van der Waals surface area contributed by atoms with Gasteiger partial charge in [0.25, 0.3) is 0 Å². The number of aromatic nitrogens is 4. The highest BCUT2D eigenvalue weighted by Crippen LogP contribution is 2.61. The summed E-state index contributed by atoms with van der Waals surface area (Å²) in [5.41, 5.74) is 2.95. The lowest BCUT2D eigenvalue weighted by Crippen LogP contribution is -2.62. The van der Waals surface area contributed by atoms with Gasteiger partial charge < -0.3 is 4.90 Å². The minimum Gasteiger partial charge on any atom is -0.340 e. The minimum absolute atomic E-state index is 0.0402. The number of amides is 1. The second kappa shape index (κ2) is 5.76. The molecule has 1 amide bonds. The number of carbonyl (C=O) groups is 1. The van der Waals surface area contributed by atoms with Crippen LogP contribution in [0, 0.1) is 23.2 Å². The molecule has 6 nitrogen and oxygen atoms in total. The van der Waals surface area contributed by atoms with E-state index in [-0.39, 0.29) is 11.0 Å². The van der Waals surface area contributed by atoms with Crippen molar-refractivity contribution in [3.63, 3.8) is 0 Å². The molecule has 2 fully saturated rings. The van der Waals surface area contributed by atoms with E-state index in [1.807, 2.05) is 7.05 Å². The number of aromatic amines is 1. The molecule has 0 unspecified atom stereocenters. The van der Waals surface area contributed by atoms with Crippen LogP contribution in [-0.2, 0) is 4.79 Å². The molecule has 1 saturated carbocycles. The van der Waals surface area contributed by atoms with E-state index in [2.05, 4.69) is 51.5 Å². The summed E-state index contributed by atoms with van der Waals surface area (Å²) >= 11 is 0. The van der Waals surface area contributed by atoms with Crippen molar-refractivity contribution in [2.45, 2.75) is 64.3 Å². The Bertz CT molecular complexity index is 828. The van der Waals surface area contributed by atoms with E-state index < -0.39 is 0 Å². The maximum absolute atomic E-state index is 12.3. The Morgan fingerprint density at radius 3 is 2.81 bits per heavy atom. The zero-order valence-corrected chi connectivity index (χ0v) is 16.5. The summed E-state index contributed by atoms with van der Waals surface area (Å²) in [5, 5.41) is 14.7. The number of likely N-dealkylation sites (tertiary alicyclic amines) is 1. The lowest BCUT2D eigenvalue weighted by Gasteiger charge is -2.61. The van der Waals surface area contributed by atoms with Gasteiger partial charge in [-0.3, -0.25) is 4.79 Å². The van der Waals surface area contributed by atoms with Crippen LogP contribution in [0.3, 0.4) is 0 Å². The first kappa shape index (κ1) is 17.1. The van der Waals surface area contributed by atoms with Crippen LogP contribution in [0.5, 0.6) is 0 Å². The number of H-pyrrole nitrogens is 1. The Morgan fingerprint density at radius 1 is 1.19 bits per heavy atom. The molecule has 27 heavy (non-hydrogen) atoms. The van der Waals surface area contributed by atoms with Gasteiger partial charge in [-0.25, -0.2) is 0 Å². The van der Waals surface area contributed by atoms with E-state index in [1.165, 1.54) is 17.6 Å². The first-order valence-electron chi connectivity index (χ1n) is 10.4. The predicted molar refractivity (Wildman–Crippen MR) is 102 cm³/mol. The number of piperidine rings is 1. The van der Waals surface area contributed by atoms with Crippen LogP contribution in [-0.4, -0.2) is 44.0 Å². The van der Waals surface area contributed by atoms with E-state index >= 15 is 0 Å². The molecule has 1 saturated heterocycles. The number of hydrogen-bond donors (Lipinski definition) is 1. The number of rotatable bonds is 1. The smallest absolute Gasteiger partial charge is 0.222 e. The summed E-state index contributed by atoms with van der Waals surface area (Å²) in [6, 6.07) is 0. The molecule has 1 aromatic rings. The number of nitrogens with zero attached hydrogens (tertiary/aromatic N) is 4. The van der Waals surface area contributed by atoms with Crippen LogP contribution in [0.4, 0.5) is 0 Å². The van der Waals surface area contributed by atoms with Crippen molar-refractivity contribution in [3.05, 3.63) is 23.5 Å². The van der Waals surface area contributed by atoms with Crippen LogP contribution in [0.15, 0.2) is 17.7 Å². The first-order chi connectivity index (χ1) is 12.9. The van der Waals surface area contributed by atoms with Crippen LogP contribution >= 0.6 is 0 Å². The zero-order chi connectivity index (χ0) is 18.8. The third-order valence-corrected chi connectivity index (χ3v) is 8.57. The number of fused-ring (bicyclic) bond motifs is 5. The SMILES string of the molecule is CN1C(=O)CC[C@H]2[C@@H]3CC=C4C=C(c5nn[nH]n5)CC[C@]4(C)[C@H]3CC[C@@]21C. The van der Waals surface area contributed by atoms with Gasteiger partial charge >= 0.3 is 0 Å². The van der Waals surface area contributed by atoms with Crippen molar-refractivity contribution in [2.75, 3.05) is 7.05 Å². The van der Waals surface area contributed by atoms with Crippen molar-refractivity contribution in [1.82, 2.24) is 25.5 Å². The molecule has 6 heteroatoms. The van der Waals surface area contributed by atoms with Crippen molar-refractivity contribution in [2.24, 2.45) is 23.2 Å². The van der Waals surface area contributed by atoms with Crippen molar-refractivity contribution >= 4 is 11.5 Å². The van der Waals surface area contributed by atoms with E-state index in [9.17, 15) is 4.79 Å². The molecule has 1 aliphatic heterocycles. The van der Waals surface area contributed by atoms with E-state index in [0.29, 0.717) is 23.7 Å². The van der Waals surface area contributed by atoms with Crippen LogP contribution in [0.2, 0.25) is 0 Å². The summed E-state index contributed by atoms with van der Waals surface area (Å²) in [6.45, 7) is 4.81. The minimum atomic E-state index is 0.0402. The lowest BCUT2D eigenvalue weighted by molar-refractivity contribution is -0.152. The van der Waals surface area contributed by atoms with Crippen molar-refractivity contribution in [1.29, 1.82) is 0 Å². The molecule has 0 spiro atoms. The molecule has 1 N–H and O–H groups in total. The van der Waals surface area contributed by atoms with E-state index in [4.69, 9.17) is 0 Å². The fraction of sp³-hybridized carbons (Fsp3) is 0.714. The standard InChI is InChI=1S/C21H29N5O/c1-20-10-8-13(19-22-24-25-23-19)12-14(20)4-5-15-16(20)9-11-21(2)17(15)6-7-18(27)26(21)3/h4,12,15-17H,5-11H2,1-3H3,(H,22,23,24,25)/t15-,16+,17+,20+,21+/m1/s1. The van der Waals surface area contributed by atoms with E-state index in [0.717, 1.165) is 44.3 Å². The normalized spacial score (nSPS) is 41.2. The Morgan fingerprint density at radius 2 is 2.04 bits per heavy atom. The van der Waals surface area contributed by atoms with Crippen molar-refractivity contribution in [3.8, 4) is 0 Å². The Labute approximate surface area is 160 Å². The van der Waals surface area contributed by atoms with Gasteiger partial charge in [-0.1, -0.05) is 19.1 Å². The fourth-order valence-corrected chi connectivity index (χ4v) is 6.77. The maximum Gasteiger partial charge on any atom is 0.222 e. The number of tetrazole rings is 1. The van der Waals surface area contributed by atoms with Crippen LogP contribution in [0.25, 0.3) is 5.57 Å². The highest BCUT2D eigenvalue weighted by Gasteiger charge is 2.57. The summed E-state index contributed by atoms with van der Waals surface area (Å²) in [5.74, 6) is 3.09. The number of allylic oxidation sites excluding steroid dienone is 4. The van der Waals surface area contributed by atoms with E-state index in [1.54, 1.807) is 0 Å². The summed E-state index contributed by atoms with van der Waals surface area (Å²) in [6.07, 6.45) is 12.2. The highest BCUT2D eigenvalue weighted by molar-refractivity contribution is 5.78. The summed E-state index contributed by atoms with van der Waals surface area (Å²) in [7, 11) is 2.03. The first-order valence-corrected chi connectivity index (χ1v) is 10.4. The molecule has 144 valence electrons. The van der Waals surface area contributed by atoms with Gasteiger partial charge in [0.2, 0.25) is 11.7 Å². The fourth-order valence-electron chi connectivity index (χ4n) is 6.77. The third-order valence-electron chi connectivity index (χ3n) is 8.57. The van der Waals surface area contributed by atoms with Gasteiger partial charge in [0.05, 0.1) is 0 Å². The lowest BCUT2D eigenvalue weighted by atomic mass is 9.48. The molecule has 4 aliphatic rings. The monoisotopic (exact) mass is 367 g/mol. The molecular weight excluding hydrogens is 338 g/mol. The van der Waals surface area contributed by atoms with Gasteiger partial charge in [0, 0.05) is 24.6 Å². The van der Waals surface area contributed by atoms with Crippen molar-refractivity contribution < 1.29 is 4.79 Å². The molecule has 3 aliphatic carbocycles. The molecule has 5 atom stereocenters. The maximum atomic E-state index is 12.3. The third kappa shape index (κ3) is 2.31. The van der Waals surface area contributed by atoms with Gasteiger partial charge in [-0.15, -0.1) is 10.2 Å². The second-order valence-electron chi connectivity index (χ2n) is 9.48. The topological polar surface area (TPSA) is 74.8 Å². The summed E-state index contributed by atoms with van der Waals surface area (Å²) < 4.78 is 0. The Hall–Kier alpha value is -1.98. The van der Waals surface area contributed by atoms with Crippen LogP contribution in [0.1, 0.15) is 64.6 Å². The van der Waals surface area contributed by atoms with Gasteiger partial charge in [-0.2, -0.15) is 5.21 Å².